The molecule has 0 saturated heterocycles. The van der Waals surface area contributed by atoms with Crippen LogP contribution < -0.4 is 10.1 Å². The van der Waals surface area contributed by atoms with Crippen molar-refractivity contribution in [3.05, 3.63) is 78.4 Å². The Kier molecular flexibility index (Phi) is 4.89. The number of hydrogen-bond donors (Lipinski definition) is 1. The Labute approximate surface area is 135 Å². The van der Waals surface area contributed by atoms with Crippen molar-refractivity contribution in [3.8, 4) is 5.75 Å². The molecule has 0 aromatic heterocycles. The van der Waals surface area contributed by atoms with Crippen LogP contribution in [0.1, 0.15) is 11.7 Å². The second-order valence-electron chi connectivity index (χ2n) is 5.50. The summed E-state index contributed by atoms with van der Waals surface area (Å²) in [5.41, 5.74) is 0.836. The highest BCUT2D eigenvalue weighted by Gasteiger charge is 2.24. The number of nitrogens with one attached hydrogen (secondary N) is 1. The van der Waals surface area contributed by atoms with E-state index in [1.54, 1.807) is 7.05 Å². The molecule has 0 amide bonds. The summed E-state index contributed by atoms with van der Waals surface area (Å²) >= 11 is 0. The van der Waals surface area contributed by atoms with Gasteiger partial charge in [0.1, 0.15) is 5.75 Å². The third-order valence-corrected chi connectivity index (χ3v) is 3.86. The molecule has 0 heterocycles. The second kappa shape index (κ2) is 7.25. The molecule has 3 aromatic carbocycles. The van der Waals surface area contributed by atoms with E-state index >= 15 is 0 Å². The maximum absolute atomic E-state index is 14.7. The molecular formula is C20H20FNO. The normalized spacial score (nSPS) is 13.7. The largest absolute Gasteiger partial charge is 0.482 e. The lowest BCUT2D eigenvalue weighted by Crippen LogP contribution is -2.29. The molecule has 2 nitrogen and oxygen atoms in total. The van der Waals surface area contributed by atoms with Gasteiger partial charge in [0, 0.05) is 11.9 Å². The van der Waals surface area contributed by atoms with Gasteiger partial charge >= 0.3 is 0 Å². The van der Waals surface area contributed by atoms with Gasteiger partial charge in [0.15, 0.2) is 12.3 Å². The molecule has 3 rings (SSSR count). The van der Waals surface area contributed by atoms with Crippen molar-refractivity contribution in [2.75, 3.05) is 13.6 Å². The fourth-order valence-electron chi connectivity index (χ4n) is 2.73. The maximum Gasteiger partial charge on any atom is 0.156 e. The lowest BCUT2D eigenvalue weighted by Gasteiger charge is -2.24. The zero-order valence-corrected chi connectivity index (χ0v) is 13.1. The highest BCUT2D eigenvalue weighted by molar-refractivity contribution is 5.88. The van der Waals surface area contributed by atoms with Crippen LogP contribution in [0.2, 0.25) is 0 Å². The first-order chi connectivity index (χ1) is 11.3. The smallest absolute Gasteiger partial charge is 0.156 e. The van der Waals surface area contributed by atoms with Gasteiger partial charge < -0.3 is 10.1 Å². The van der Waals surface area contributed by atoms with Gasteiger partial charge in [-0.15, -0.1) is 0 Å². The van der Waals surface area contributed by atoms with Crippen LogP contribution in [0.4, 0.5) is 4.39 Å². The second-order valence-corrected chi connectivity index (χ2v) is 5.50. The number of fused-ring (bicyclic) bond motifs is 1. The summed E-state index contributed by atoms with van der Waals surface area (Å²) in [5.74, 6) is 0.704. The van der Waals surface area contributed by atoms with Crippen LogP contribution in [0, 0.1) is 0 Å². The zero-order chi connectivity index (χ0) is 16.1. The van der Waals surface area contributed by atoms with Crippen LogP contribution in [0.25, 0.3) is 10.8 Å². The number of ether oxygens (including phenoxy) is 1. The number of halogens is 1. The zero-order valence-electron chi connectivity index (χ0n) is 13.1. The third kappa shape index (κ3) is 3.51. The molecule has 0 spiro atoms. The first-order valence-electron chi connectivity index (χ1n) is 7.77. The van der Waals surface area contributed by atoms with Gasteiger partial charge in [0.05, 0.1) is 0 Å². The third-order valence-electron chi connectivity index (χ3n) is 3.86. The molecule has 23 heavy (non-hydrogen) atoms. The number of benzene rings is 3. The van der Waals surface area contributed by atoms with Gasteiger partial charge in [-0.25, -0.2) is 4.39 Å². The minimum atomic E-state index is -1.14. The van der Waals surface area contributed by atoms with E-state index in [-0.39, 0.29) is 6.54 Å². The molecule has 1 N–H and O–H groups in total. The van der Waals surface area contributed by atoms with Crippen molar-refractivity contribution in [3.63, 3.8) is 0 Å². The Bertz CT molecular complexity index is 754. The molecule has 0 bridgehead atoms. The summed E-state index contributed by atoms with van der Waals surface area (Å²) in [7, 11) is 1.74. The van der Waals surface area contributed by atoms with Crippen molar-refractivity contribution in [2.24, 2.45) is 0 Å². The van der Waals surface area contributed by atoms with E-state index in [1.165, 1.54) is 0 Å². The lowest BCUT2D eigenvalue weighted by atomic mass is 10.0. The SMILES string of the molecule is CNCC(F)C(Oc1cccc2ccccc12)c1ccccc1. The van der Waals surface area contributed by atoms with E-state index < -0.39 is 12.3 Å². The molecule has 118 valence electrons. The summed E-state index contributed by atoms with van der Waals surface area (Å²) in [6, 6.07) is 23.4. The summed E-state index contributed by atoms with van der Waals surface area (Å²) in [6.45, 7) is 0.240. The number of hydrogen-bond acceptors (Lipinski definition) is 2. The molecule has 2 atom stereocenters. The van der Waals surface area contributed by atoms with Gasteiger partial charge in [0.2, 0.25) is 0 Å². The summed E-state index contributed by atoms with van der Waals surface area (Å²) < 4.78 is 20.8. The Morgan fingerprint density at radius 3 is 2.39 bits per heavy atom. The van der Waals surface area contributed by atoms with Crippen LogP contribution >= 0.6 is 0 Å². The van der Waals surface area contributed by atoms with Crippen LogP contribution in [0.5, 0.6) is 5.75 Å². The van der Waals surface area contributed by atoms with Crippen LogP contribution in [-0.2, 0) is 0 Å². The topological polar surface area (TPSA) is 21.3 Å². The van der Waals surface area contributed by atoms with Crippen molar-refractivity contribution < 1.29 is 9.13 Å². The van der Waals surface area contributed by atoms with E-state index in [2.05, 4.69) is 5.32 Å². The van der Waals surface area contributed by atoms with Crippen molar-refractivity contribution in [1.29, 1.82) is 0 Å². The van der Waals surface area contributed by atoms with Gasteiger partial charge in [-0.1, -0.05) is 66.7 Å². The predicted molar refractivity (Wildman–Crippen MR) is 92.6 cm³/mol. The Hall–Kier alpha value is -2.39. The molecule has 3 heteroatoms. The highest BCUT2D eigenvalue weighted by atomic mass is 19.1. The Morgan fingerprint density at radius 2 is 1.61 bits per heavy atom. The standard InChI is InChI=1S/C20H20FNO/c1-22-14-18(21)20(16-9-3-2-4-10-16)23-19-13-7-11-15-8-5-6-12-17(15)19/h2-13,18,20,22H,14H2,1H3. The summed E-state index contributed by atoms with van der Waals surface area (Å²) in [6.07, 6.45) is -1.78. The molecular weight excluding hydrogens is 289 g/mol. The Balaban J connectivity index is 1.97. The fraction of sp³-hybridized carbons (Fsp3) is 0.200. The molecule has 3 aromatic rings. The van der Waals surface area contributed by atoms with Crippen molar-refractivity contribution in [2.45, 2.75) is 12.3 Å². The minimum absolute atomic E-state index is 0.240. The molecule has 0 fully saturated rings. The van der Waals surface area contributed by atoms with Gasteiger partial charge in [-0.3, -0.25) is 0 Å². The Morgan fingerprint density at radius 1 is 0.913 bits per heavy atom. The van der Waals surface area contributed by atoms with E-state index in [0.717, 1.165) is 16.3 Å². The number of alkyl halides is 1. The van der Waals surface area contributed by atoms with E-state index in [9.17, 15) is 4.39 Å². The predicted octanol–water partition coefficient (Wildman–Crippen LogP) is 4.52. The number of rotatable bonds is 6. The summed E-state index contributed by atoms with van der Waals surface area (Å²) in [4.78, 5) is 0. The minimum Gasteiger partial charge on any atom is -0.482 e. The van der Waals surface area contributed by atoms with Crippen LogP contribution in [0.3, 0.4) is 0 Å². The average Bonchev–Trinajstić information content (AvgIpc) is 2.60. The van der Waals surface area contributed by atoms with Crippen molar-refractivity contribution >= 4 is 10.8 Å². The lowest BCUT2D eigenvalue weighted by molar-refractivity contribution is 0.102. The molecule has 0 aliphatic heterocycles. The van der Waals surface area contributed by atoms with Gasteiger partial charge in [-0.05, 0) is 24.1 Å². The quantitative estimate of drug-likeness (QED) is 0.723. The highest BCUT2D eigenvalue weighted by Crippen LogP contribution is 2.31. The molecule has 0 aliphatic rings. The maximum atomic E-state index is 14.7. The molecule has 2 unspecified atom stereocenters. The first-order valence-corrected chi connectivity index (χ1v) is 7.77. The molecule has 0 radical (unpaired) electrons. The van der Waals surface area contributed by atoms with E-state index in [1.807, 2.05) is 72.8 Å². The van der Waals surface area contributed by atoms with Crippen LogP contribution in [-0.4, -0.2) is 19.8 Å². The van der Waals surface area contributed by atoms with E-state index in [4.69, 9.17) is 4.74 Å². The van der Waals surface area contributed by atoms with Crippen LogP contribution in [0.15, 0.2) is 72.8 Å². The molecule has 0 aliphatic carbocycles. The van der Waals surface area contributed by atoms with Gasteiger partial charge in [-0.2, -0.15) is 0 Å². The monoisotopic (exact) mass is 309 g/mol. The van der Waals surface area contributed by atoms with E-state index in [0.29, 0.717) is 5.75 Å². The fourth-order valence-corrected chi connectivity index (χ4v) is 2.73. The molecule has 0 saturated carbocycles. The summed E-state index contributed by atoms with van der Waals surface area (Å²) in [5, 5.41) is 4.96. The average molecular weight is 309 g/mol. The first kappa shape index (κ1) is 15.5. The van der Waals surface area contributed by atoms with Gasteiger partial charge in [0.25, 0.3) is 0 Å². The van der Waals surface area contributed by atoms with Crippen molar-refractivity contribution in [1.82, 2.24) is 5.32 Å².